The molecule has 2 aliphatic rings. The minimum absolute atomic E-state index is 0.0694. The number of rotatable bonds is 2. The molecule has 1 aromatic carbocycles. The maximum atomic E-state index is 12.1. The molecule has 84 valence electrons. The van der Waals surface area contributed by atoms with E-state index in [1.54, 1.807) is 0 Å². The Bertz CT molecular complexity index is 447. The van der Waals surface area contributed by atoms with Crippen LogP contribution in [0.1, 0.15) is 19.4 Å². The van der Waals surface area contributed by atoms with Crippen LogP contribution >= 0.6 is 11.8 Å². The molecule has 0 radical (unpaired) electrons. The maximum absolute atomic E-state index is 12.1. The number of carbonyl (C=O) groups excluding carboxylic acids is 1. The fourth-order valence-electron chi connectivity index (χ4n) is 2.98. The number of likely N-dealkylation sites (tertiary alicyclic amines) is 1. The van der Waals surface area contributed by atoms with Crippen LogP contribution in [0.5, 0.6) is 0 Å². The van der Waals surface area contributed by atoms with E-state index in [4.69, 9.17) is 0 Å². The third-order valence-electron chi connectivity index (χ3n) is 3.90. The van der Waals surface area contributed by atoms with Crippen molar-refractivity contribution in [3.63, 3.8) is 0 Å². The van der Waals surface area contributed by atoms with E-state index in [0.717, 1.165) is 12.3 Å². The van der Waals surface area contributed by atoms with Crippen LogP contribution in [0.2, 0.25) is 0 Å². The first-order valence-electron chi connectivity index (χ1n) is 5.68. The summed E-state index contributed by atoms with van der Waals surface area (Å²) in [6.07, 6.45) is 0. The van der Waals surface area contributed by atoms with Gasteiger partial charge in [0.2, 0.25) is 5.91 Å². The fraction of sp³-hybridized carbons (Fsp3) is 0.462. The van der Waals surface area contributed by atoms with Gasteiger partial charge in [0.1, 0.15) is 4.87 Å². The summed E-state index contributed by atoms with van der Waals surface area (Å²) in [6, 6.07) is 10.4. The van der Waals surface area contributed by atoms with Crippen molar-refractivity contribution in [1.29, 1.82) is 0 Å². The van der Waals surface area contributed by atoms with Crippen molar-refractivity contribution < 1.29 is 4.79 Å². The molecule has 16 heavy (non-hydrogen) atoms. The summed E-state index contributed by atoms with van der Waals surface area (Å²) in [5.74, 6) is 1.27. The average Bonchev–Trinajstić information content (AvgIpc) is 2.33. The normalized spacial score (nSPS) is 36.4. The zero-order valence-corrected chi connectivity index (χ0v) is 10.4. The molecule has 2 nitrogen and oxygen atoms in total. The van der Waals surface area contributed by atoms with Gasteiger partial charge >= 0.3 is 0 Å². The summed E-state index contributed by atoms with van der Waals surface area (Å²) >= 11 is 1.90. The van der Waals surface area contributed by atoms with Gasteiger partial charge in [0, 0.05) is 12.3 Å². The van der Waals surface area contributed by atoms with Gasteiger partial charge < -0.3 is 4.90 Å². The van der Waals surface area contributed by atoms with Crippen LogP contribution in [0.15, 0.2) is 30.3 Å². The molecular weight excluding hydrogens is 218 g/mol. The van der Waals surface area contributed by atoms with Crippen molar-refractivity contribution >= 4 is 17.7 Å². The van der Waals surface area contributed by atoms with E-state index >= 15 is 0 Å². The molecule has 2 saturated heterocycles. The summed E-state index contributed by atoms with van der Waals surface area (Å²) in [7, 11) is 0. The Morgan fingerprint density at radius 2 is 2.06 bits per heavy atom. The second kappa shape index (κ2) is 3.04. The zero-order chi connectivity index (χ0) is 11.4. The zero-order valence-electron chi connectivity index (χ0n) is 9.56. The third kappa shape index (κ3) is 0.854. The highest BCUT2D eigenvalue weighted by atomic mass is 32.2. The Labute approximate surface area is 100 Å². The molecule has 2 unspecified atom stereocenters. The largest absolute Gasteiger partial charge is 0.322 e. The number of amides is 1. The Balaban J connectivity index is 2.08. The molecular formula is C13H15NOS. The molecule has 1 amide bonds. The van der Waals surface area contributed by atoms with E-state index in [-0.39, 0.29) is 10.3 Å². The SMILES string of the molecule is CCN1C(=O)C2(C)CSC12c1ccccc1. The van der Waals surface area contributed by atoms with E-state index in [1.807, 2.05) is 22.7 Å². The van der Waals surface area contributed by atoms with Crippen molar-refractivity contribution in [3.05, 3.63) is 35.9 Å². The lowest BCUT2D eigenvalue weighted by Crippen LogP contribution is -2.79. The molecule has 0 aromatic heterocycles. The molecule has 0 spiro atoms. The number of carbonyl (C=O) groups is 1. The molecule has 0 bridgehead atoms. The molecule has 3 rings (SSSR count). The van der Waals surface area contributed by atoms with Crippen LogP contribution in [0.4, 0.5) is 0 Å². The number of hydrogen-bond donors (Lipinski definition) is 0. The maximum Gasteiger partial charge on any atom is 0.234 e. The molecule has 3 heteroatoms. The Morgan fingerprint density at radius 1 is 1.38 bits per heavy atom. The Kier molecular flexibility index (Phi) is 1.94. The van der Waals surface area contributed by atoms with Crippen LogP contribution in [-0.2, 0) is 9.67 Å². The van der Waals surface area contributed by atoms with Crippen molar-refractivity contribution in [2.75, 3.05) is 12.3 Å². The minimum Gasteiger partial charge on any atom is -0.322 e. The summed E-state index contributed by atoms with van der Waals surface area (Å²) in [6.45, 7) is 4.96. The number of nitrogens with zero attached hydrogens (tertiary/aromatic N) is 1. The predicted molar refractivity (Wildman–Crippen MR) is 66.1 cm³/mol. The van der Waals surface area contributed by atoms with Crippen molar-refractivity contribution in [2.45, 2.75) is 18.7 Å². The number of hydrogen-bond acceptors (Lipinski definition) is 2. The fourth-order valence-corrected chi connectivity index (χ4v) is 4.72. The number of β-lactam (4-membered cyclic amide) rings is 1. The third-order valence-corrected chi connectivity index (χ3v) is 5.94. The van der Waals surface area contributed by atoms with Gasteiger partial charge in [-0.1, -0.05) is 30.3 Å². The molecule has 0 saturated carbocycles. The van der Waals surface area contributed by atoms with Gasteiger partial charge in [0.25, 0.3) is 0 Å². The first-order chi connectivity index (χ1) is 7.67. The smallest absolute Gasteiger partial charge is 0.234 e. The molecule has 0 aliphatic carbocycles. The van der Waals surface area contributed by atoms with Crippen LogP contribution in [0.3, 0.4) is 0 Å². The minimum atomic E-state index is -0.158. The van der Waals surface area contributed by atoms with Crippen molar-refractivity contribution in [3.8, 4) is 0 Å². The van der Waals surface area contributed by atoms with E-state index in [2.05, 4.69) is 38.1 Å². The Morgan fingerprint density at radius 3 is 2.56 bits per heavy atom. The highest BCUT2D eigenvalue weighted by Gasteiger charge is 2.75. The lowest BCUT2D eigenvalue weighted by molar-refractivity contribution is -0.177. The van der Waals surface area contributed by atoms with E-state index in [0.29, 0.717) is 5.91 Å². The number of fused-ring (bicyclic) bond motifs is 1. The second-order valence-electron chi connectivity index (χ2n) is 4.68. The predicted octanol–water partition coefficient (Wildman–Crippen LogP) is 2.45. The van der Waals surface area contributed by atoms with Crippen LogP contribution in [0, 0.1) is 5.41 Å². The van der Waals surface area contributed by atoms with Crippen molar-refractivity contribution in [2.24, 2.45) is 5.41 Å². The average molecular weight is 233 g/mol. The summed E-state index contributed by atoms with van der Waals surface area (Å²) in [4.78, 5) is 14.0. The molecule has 2 atom stereocenters. The van der Waals surface area contributed by atoms with E-state index < -0.39 is 0 Å². The molecule has 2 aliphatic heterocycles. The standard InChI is InChI=1S/C13H15NOS/c1-3-14-11(15)12(2)9-16-13(12,14)10-7-5-4-6-8-10/h4-8H,3,9H2,1-2H3. The van der Waals surface area contributed by atoms with Crippen molar-refractivity contribution in [1.82, 2.24) is 4.90 Å². The second-order valence-corrected chi connectivity index (χ2v) is 5.85. The Hall–Kier alpha value is -0.960. The van der Waals surface area contributed by atoms with Gasteiger partial charge in [-0.2, -0.15) is 0 Å². The van der Waals surface area contributed by atoms with Gasteiger partial charge in [-0.05, 0) is 19.4 Å². The van der Waals surface area contributed by atoms with Crippen LogP contribution < -0.4 is 0 Å². The number of benzene rings is 1. The summed E-state index contributed by atoms with van der Waals surface area (Å²) < 4.78 is 0. The molecule has 2 fully saturated rings. The van der Waals surface area contributed by atoms with Gasteiger partial charge in [0.05, 0.1) is 5.41 Å². The van der Waals surface area contributed by atoms with E-state index in [1.165, 1.54) is 5.56 Å². The first kappa shape index (κ1) is 10.2. The lowest BCUT2D eigenvalue weighted by atomic mass is 9.68. The van der Waals surface area contributed by atoms with Gasteiger partial charge in [-0.25, -0.2) is 0 Å². The van der Waals surface area contributed by atoms with Crippen LogP contribution in [0.25, 0.3) is 0 Å². The summed E-state index contributed by atoms with van der Waals surface area (Å²) in [5, 5.41) is 0. The van der Waals surface area contributed by atoms with Gasteiger partial charge in [-0.15, -0.1) is 11.8 Å². The van der Waals surface area contributed by atoms with E-state index in [9.17, 15) is 4.79 Å². The quantitative estimate of drug-likeness (QED) is 0.731. The monoisotopic (exact) mass is 233 g/mol. The highest BCUT2D eigenvalue weighted by molar-refractivity contribution is 8.02. The lowest BCUT2D eigenvalue weighted by Gasteiger charge is -2.70. The molecule has 2 heterocycles. The highest BCUT2D eigenvalue weighted by Crippen LogP contribution is 2.70. The van der Waals surface area contributed by atoms with Crippen LogP contribution in [-0.4, -0.2) is 23.1 Å². The van der Waals surface area contributed by atoms with Gasteiger partial charge in [0.15, 0.2) is 0 Å². The molecule has 1 aromatic rings. The molecule has 0 N–H and O–H groups in total. The topological polar surface area (TPSA) is 20.3 Å². The first-order valence-corrected chi connectivity index (χ1v) is 6.67. The summed E-state index contributed by atoms with van der Waals surface area (Å²) in [5.41, 5.74) is 1.12. The van der Waals surface area contributed by atoms with Gasteiger partial charge in [-0.3, -0.25) is 4.79 Å². The number of thioether (sulfide) groups is 1.